The van der Waals surface area contributed by atoms with Gasteiger partial charge >= 0.3 is 5.97 Å². The number of fused-ring (bicyclic) bond motifs is 1. The maximum Gasteiger partial charge on any atom is 0.328 e. The molecule has 0 unspecified atom stereocenters. The summed E-state index contributed by atoms with van der Waals surface area (Å²) in [5.41, 5.74) is 7.78. The summed E-state index contributed by atoms with van der Waals surface area (Å²) in [5, 5.41) is 0. The molecule has 0 bridgehead atoms. The minimum absolute atomic E-state index is 0.232. The number of ether oxygens (including phenoxy) is 1. The number of methoxy groups -OCH3 is 1. The SMILES string of the molecule is COC(=O)[C@H]1Cc2ccccc2CN1C(=O)[C@H](C)N. The summed E-state index contributed by atoms with van der Waals surface area (Å²) in [7, 11) is 1.33. The van der Waals surface area contributed by atoms with Gasteiger partial charge in [0.05, 0.1) is 13.2 Å². The first-order valence-corrected chi connectivity index (χ1v) is 6.25. The van der Waals surface area contributed by atoms with Gasteiger partial charge in [-0.3, -0.25) is 4.79 Å². The van der Waals surface area contributed by atoms with Crippen LogP contribution in [-0.4, -0.2) is 36.0 Å². The van der Waals surface area contributed by atoms with Gasteiger partial charge in [-0.15, -0.1) is 0 Å². The number of benzene rings is 1. The van der Waals surface area contributed by atoms with Gasteiger partial charge in [-0.1, -0.05) is 24.3 Å². The molecule has 0 fully saturated rings. The van der Waals surface area contributed by atoms with Gasteiger partial charge in [0.2, 0.25) is 5.91 Å². The van der Waals surface area contributed by atoms with Gasteiger partial charge in [0.15, 0.2) is 0 Å². The molecule has 0 spiro atoms. The first-order chi connectivity index (χ1) is 9.04. The second-order valence-electron chi connectivity index (χ2n) is 4.77. The zero-order valence-electron chi connectivity index (χ0n) is 11.1. The van der Waals surface area contributed by atoms with Crippen LogP contribution in [0.2, 0.25) is 0 Å². The molecule has 1 heterocycles. The Bertz CT molecular complexity index is 499. The average Bonchev–Trinajstić information content (AvgIpc) is 2.44. The van der Waals surface area contributed by atoms with Crippen LogP contribution in [0.4, 0.5) is 0 Å². The van der Waals surface area contributed by atoms with E-state index in [-0.39, 0.29) is 5.91 Å². The van der Waals surface area contributed by atoms with Crippen molar-refractivity contribution >= 4 is 11.9 Å². The molecule has 0 radical (unpaired) electrons. The van der Waals surface area contributed by atoms with Crippen molar-refractivity contribution in [1.82, 2.24) is 4.90 Å². The average molecular weight is 262 g/mol. The van der Waals surface area contributed by atoms with Crippen LogP contribution in [0.5, 0.6) is 0 Å². The second kappa shape index (κ2) is 5.40. The summed E-state index contributed by atoms with van der Waals surface area (Å²) in [5.74, 6) is -0.631. The van der Waals surface area contributed by atoms with Gasteiger partial charge in [-0.25, -0.2) is 4.79 Å². The van der Waals surface area contributed by atoms with E-state index in [1.54, 1.807) is 6.92 Å². The van der Waals surface area contributed by atoms with Crippen molar-refractivity contribution in [3.63, 3.8) is 0 Å². The third kappa shape index (κ3) is 2.61. The second-order valence-corrected chi connectivity index (χ2v) is 4.77. The maximum atomic E-state index is 12.1. The lowest BCUT2D eigenvalue weighted by molar-refractivity contribution is -0.154. The van der Waals surface area contributed by atoms with Crippen LogP contribution < -0.4 is 5.73 Å². The molecule has 5 heteroatoms. The normalized spacial score (nSPS) is 19.5. The highest BCUT2D eigenvalue weighted by molar-refractivity contribution is 5.88. The van der Waals surface area contributed by atoms with E-state index in [4.69, 9.17) is 10.5 Å². The van der Waals surface area contributed by atoms with E-state index in [9.17, 15) is 9.59 Å². The van der Waals surface area contributed by atoms with Crippen molar-refractivity contribution in [3.05, 3.63) is 35.4 Å². The number of amides is 1. The molecule has 0 saturated heterocycles. The van der Waals surface area contributed by atoms with Crippen molar-refractivity contribution in [2.24, 2.45) is 5.73 Å². The quantitative estimate of drug-likeness (QED) is 0.786. The van der Waals surface area contributed by atoms with Crippen molar-refractivity contribution in [1.29, 1.82) is 0 Å². The maximum absolute atomic E-state index is 12.1. The molecule has 0 saturated carbocycles. The third-order valence-electron chi connectivity index (χ3n) is 3.39. The standard InChI is InChI=1S/C14H18N2O3/c1-9(15)13(17)16-8-11-6-4-3-5-10(11)7-12(16)14(18)19-2/h3-6,9,12H,7-8,15H2,1-2H3/t9-,12+/m0/s1. The van der Waals surface area contributed by atoms with Gasteiger partial charge in [0.25, 0.3) is 0 Å². The molecule has 1 aromatic carbocycles. The van der Waals surface area contributed by atoms with Crippen molar-refractivity contribution in [2.45, 2.75) is 32.0 Å². The van der Waals surface area contributed by atoms with Crippen LogP contribution in [0.3, 0.4) is 0 Å². The summed E-state index contributed by atoms with van der Waals surface area (Å²) < 4.78 is 4.79. The van der Waals surface area contributed by atoms with E-state index < -0.39 is 18.1 Å². The molecular formula is C14H18N2O3. The van der Waals surface area contributed by atoms with Crippen LogP contribution in [0.15, 0.2) is 24.3 Å². The van der Waals surface area contributed by atoms with E-state index in [1.807, 2.05) is 24.3 Å². The number of esters is 1. The number of hydrogen-bond donors (Lipinski definition) is 1. The number of nitrogens with zero attached hydrogens (tertiary/aromatic N) is 1. The van der Waals surface area contributed by atoms with Gasteiger partial charge < -0.3 is 15.4 Å². The van der Waals surface area contributed by atoms with Gasteiger partial charge in [0, 0.05) is 13.0 Å². The highest BCUT2D eigenvalue weighted by Gasteiger charge is 2.36. The van der Waals surface area contributed by atoms with E-state index in [0.717, 1.165) is 11.1 Å². The van der Waals surface area contributed by atoms with Crippen LogP contribution in [0, 0.1) is 0 Å². The van der Waals surface area contributed by atoms with Crippen molar-refractivity contribution < 1.29 is 14.3 Å². The Balaban J connectivity index is 2.34. The Morgan fingerprint density at radius 1 is 1.37 bits per heavy atom. The van der Waals surface area contributed by atoms with Crippen LogP contribution in [-0.2, 0) is 27.3 Å². The Labute approximate surface area is 112 Å². The van der Waals surface area contributed by atoms with Crippen molar-refractivity contribution in [3.8, 4) is 0 Å². The lowest BCUT2D eigenvalue weighted by Gasteiger charge is -2.36. The van der Waals surface area contributed by atoms with Crippen LogP contribution >= 0.6 is 0 Å². The molecule has 1 amide bonds. The molecule has 0 aliphatic carbocycles. The fraction of sp³-hybridized carbons (Fsp3) is 0.429. The Hall–Kier alpha value is -1.88. The summed E-state index contributed by atoms with van der Waals surface area (Å²) in [6.07, 6.45) is 0.474. The number of rotatable bonds is 2. The predicted octanol–water partition coefficient (Wildman–Crippen LogP) is 0.460. The number of carbonyl (C=O) groups is 2. The van der Waals surface area contributed by atoms with E-state index in [0.29, 0.717) is 13.0 Å². The van der Waals surface area contributed by atoms with Gasteiger partial charge in [0.1, 0.15) is 6.04 Å². The van der Waals surface area contributed by atoms with Gasteiger partial charge in [-0.2, -0.15) is 0 Å². The fourth-order valence-electron chi connectivity index (χ4n) is 2.36. The molecule has 1 aliphatic heterocycles. The Morgan fingerprint density at radius 2 is 2.00 bits per heavy atom. The van der Waals surface area contributed by atoms with Gasteiger partial charge in [-0.05, 0) is 18.1 Å². The monoisotopic (exact) mass is 262 g/mol. The molecule has 5 nitrogen and oxygen atoms in total. The molecule has 1 aromatic rings. The fourth-order valence-corrected chi connectivity index (χ4v) is 2.36. The number of nitrogens with two attached hydrogens (primary N) is 1. The summed E-state index contributed by atoms with van der Waals surface area (Å²) in [6.45, 7) is 2.02. The zero-order chi connectivity index (χ0) is 14.0. The molecule has 2 atom stereocenters. The number of carbonyl (C=O) groups excluding carboxylic acids is 2. The van der Waals surface area contributed by atoms with E-state index >= 15 is 0 Å². The molecule has 2 rings (SSSR count). The molecule has 2 N–H and O–H groups in total. The Morgan fingerprint density at radius 3 is 2.58 bits per heavy atom. The largest absolute Gasteiger partial charge is 0.467 e. The highest BCUT2D eigenvalue weighted by Crippen LogP contribution is 2.24. The summed E-state index contributed by atoms with van der Waals surface area (Å²) in [6, 6.07) is 6.57. The number of hydrogen-bond acceptors (Lipinski definition) is 4. The lowest BCUT2D eigenvalue weighted by atomic mass is 9.93. The summed E-state index contributed by atoms with van der Waals surface area (Å²) >= 11 is 0. The minimum atomic E-state index is -0.627. The molecule has 19 heavy (non-hydrogen) atoms. The first-order valence-electron chi connectivity index (χ1n) is 6.25. The van der Waals surface area contributed by atoms with E-state index in [1.165, 1.54) is 12.0 Å². The summed E-state index contributed by atoms with van der Waals surface area (Å²) in [4.78, 5) is 25.5. The molecular weight excluding hydrogens is 244 g/mol. The smallest absolute Gasteiger partial charge is 0.328 e. The first kappa shape index (κ1) is 13.5. The van der Waals surface area contributed by atoms with Crippen LogP contribution in [0.25, 0.3) is 0 Å². The molecule has 102 valence electrons. The predicted molar refractivity (Wildman–Crippen MR) is 70.1 cm³/mol. The highest BCUT2D eigenvalue weighted by atomic mass is 16.5. The molecule has 0 aromatic heterocycles. The zero-order valence-corrected chi connectivity index (χ0v) is 11.1. The van der Waals surface area contributed by atoms with Crippen molar-refractivity contribution in [2.75, 3.05) is 7.11 Å². The minimum Gasteiger partial charge on any atom is -0.467 e. The third-order valence-corrected chi connectivity index (χ3v) is 3.39. The lowest BCUT2D eigenvalue weighted by Crippen LogP contribution is -2.53. The van der Waals surface area contributed by atoms with Crippen LogP contribution in [0.1, 0.15) is 18.1 Å². The molecule has 1 aliphatic rings. The topological polar surface area (TPSA) is 72.6 Å². The van der Waals surface area contributed by atoms with E-state index in [2.05, 4.69) is 0 Å². The Kier molecular flexibility index (Phi) is 3.85.